The van der Waals surface area contributed by atoms with Gasteiger partial charge < -0.3 is 24.8 Å². The molecule has 192 valence electrons. The normalized spacial score (nSPS) is 27.8. The van der Waals surface area contributed by atoms with E-state index in [0.717, 1.165) is 62.2 Å². The zero-order valence-electron chi connectivity index (χ0n) is 20.3. The predicted molar refractivity (Wildman–Crippen MR) is 133 cm³/mol. The topological polar surface area (TPSA) is 105 Å². The number of benzene rings is 1. The van der Waals surface area contributed by atoms with Crippen LogP contribution in [0.2, 0.25) is 0 Å². The number of aliphatic imine (C=N–C) groups is 1. The molecule has 11 heteroatoms. The highest BCUT2D eigenvalue weighted by molar-refractivity contribution is 7.90. The SMILES string of the molecule is CC1(OC(=O)N2[C@H]3CC[C@H]2CC(n2ccc4c2N=CNC4Nc2ccc(S(C)(=O)=O)cc2F)C3)CC1. The summed E-state index contributed by atoms with van der Waals surface area (Å²) in [4.78, 5) is 19.3. The molecule has 3 atom stereocenters. The number of piperidine rings is 1. The van der Waals surface area contributed by atoms with E-state index in [1.807, 2.05) is 24.1 Å². The zero-order valence-corrected chi connectivity index (χ0v) is 21.1. The standard InChI is InChI=1S/C25H30FN5O4S/c1-25(8-9-25)35-24(32)31-15-3-4-16(31)12-17(11-15)30-10-7-19-22(27-14-28-23(19)30)29-21-6-5-18(13-20(21)26)36(2,33)34/h5-7,10,13-17,22,29H,3-4,8-9,11-12H2,1-2H3,(H,27,28)/t15-,16-,22?/m0/s1. The molecule has 2 aromatic rings. The van der Waals surface area contributed by atoms with Gasteiger partial charge in [-0.25, -0.2) is 22.6 Å². The number of carbonyl (C=O) groups excluding carboxylic acids is 1. The van der Waals surface area contributed by atoms with E-state index >= 15 is 0 Å². The van der Waals surface area contributed by atoms with Crippen LogP contribution in [0.1, 0.15) is 63.2 Å². The van der Waals surface area contributed by atoms with E-state index in [1.54, 1.807) is 6.34 Å². The molecular weight excluding hydrogens is 485 g/mol. The van der Waals surface area contributed by atoms with Crippen molar-refractivity contribution >= 4 is 33.8 Å². The maximum atomic E-state index is 14.7. The third-order valence-corrected chi connectivity index (χ3v) is 9.04. The number of rotatable bonds is 5. The second-order valence-corrected chi connectivity index (χ2v) is 12.7. The van der Waals surface area contributed by atoms with Crippen LogP contribution in [-0.2, 0) is 14.6 Å². The van der Waals surface area contributed by atoms with Crippen LogP contribution in [0.25, 0.3) is 0 Å². The summed E-state index contributed by atoms with van der Waals surface area (Å²) >= 11 is 0. The number of nitrogens with one attached hydrogen (secondary N) is 2. The summed E-state index contributed by atoms with van der Waals surface area (Å²) in [5.74, 6) is 0.157. The van der Waals surface area contributed by atoms with E-state index in [1.165, 1.54) is 12.1 Å². The van der Waals surface area contributed by atoms with Crippen LogP contribution < -0.4 is 10.6 Å². The predicted octanol–water partition coefficient (Wildman–Crippen LogP) is 4.26. The van der Waals surface area contributed by atoms with Gasteiger partial charge >= 0.3 is 6.09 Å². The lowest BCUT2D eigenvalue weighted by atomic mass is 9.97. The lowest BCUT2D eigenvalue weighted by molar-refractivity contribution is 0.0284. The molecule has 4 aliphatic rings. The molecule has 1 aromatic carbocycles. The van der Waals surface area contributed by atoms with Crippen molar-refractivity contribution in [2.75, 3.05) is 11.6 Å². The van der Waals surface area contributed by atoms with Crippen LogP contribution in [0.3, 0.4) is 0 Å². The Morgan fingerprint density at radius 1 is 1.19 bits per heavy atom. The molecular formula is C25H30FN5O4S. The van der Waals surface area contributed by atoms with Gasteiger partial charge in [-0.15, -0.1) is 0 Å². The molecule has 1 unspecified atom stereocenters. The van der Waals surface area contributed by atoms with Gasteiger partial charge in [0, 0.05) is 36.1 Å². The number of fused-ring (bicyclic) bond motifs is 3. The fourth-order valence-corrected chi connectivity index (χ4v) is 6.35. The first-order valence-corrected chi connectivity index (χ1v) is 14.3. The first-order valence-electron chi connectivity index (χ1n) is 12.4. The average molecular weight is 516 g/mol. The summed E-state index contributed by atoms with van der Waals surface area (Å²) in [6.07, 6.45) is 9.57. The molecule has 3 fully saturated rings. The molecule has 2 bridgehead atoms. The van der Waals surface area contributed by atoms with E-state index in [4.69, 9.17) is 4.74 Å². The van der Waals surface area contributed by atoms with Crippen LogP contribution in [0, 0.1) is 5.82 Å². The van der Waals surface area contributed by atoms with Gasteiger partial charge in [-0.1, -0.05) is 0 Å². The highest BCUT2D eigenvalue weighted by atomic mass is 32.2. The molecule has 1 aromatic heterocycles. The Kier molecular flexibility index (Phi) is 5.33. The van der Waals surface area contributed by atoms with Gasteiger partial charge in [0.1, 0.15) is 23.4 Å². The molecule has 36 heavy (non-hydrogen) atoms. The summed E-state index contributed by atoms with van der Waals surface area (Å²) in [6.45, 7) is 1.99. The van der Waals surface area contributed by atoms with Crippen LogP contribution in [0.15, 0.2) is 40.4 Å². The van der Waals surface area contributed by atoms with E-state index in [0.29, 0.717) is 0 Å². The summed E-state index contributed by atoms with van der Waals surface area (Å²) in [7, 11) is -3.49. The Morgan fingerprint density at radius 3 is 2.56 bits per heavy atom. The summed E-state index contributed by atoms with van der Waals surface area (Å²) in [5, 5.41) is 6.25. The molecule has 2 N–H and O–H groups in total. The number of sulfone groups is 1. The van der Waals surface area contributed by atoms with Gasteiger partial charge in [-0.05, 0) is 69.7 Å². The third kappa shape index (κ3) is 4.12. The van der Waals surface area contributed by atoms with Crippen LogP contribution in [-0.4, -0.2) is 54.3 Å². The van der Waals surface area contributed by atoms with Gasteiger partial charge in [0.2, 0.25) is 0 Å². The minimum absolute atomic E-state index is 0.0633. The maximum absolute atomic E-state index is 14.7. The van der Waals surface area contributed by atoms with Crippen molar-refractivity contribution in [3.05, 3.63) is 41.8 Å². The third-order valence-electron chi connectivity index (χ3n) is 7.93. The number of aromatic nitrogens is 1. The first kappa shape index (κ1) is 23.3. The minimum atomic E-state index is -3.49. The molecule has 1 saturated carbocycles. The van der Waals surface area contributed by atoms with E-state index < -0.39 is 21.8 Å². The average Bonchev–Trinajstić information content (AvgIpc) is 3.27. The Hall–Kier alpha value is -3.08. The fraction of sp³-hybridized carbons (Fsp3) is 0.520. The lowest BCUT2D eigenvalue weighted by Crippen LogP contribution is -2.48. The van der Waals surface area contributed by atoms with Gasteiger partial charge in [-0.3, -0.25) is 0 Å². The number of carbonyl (C=O) groups is 1. The zero-order chi connectivity index (χ0) is 25.2. The van der Waals surface area contributed by atoms with Crippen molar-refractivity contribution < 1.29 is 22.3 Å². The number of ether oxygens (including phenoxy) is 1. The second-order valence-electron chi connectivity index (χ2n) is 10.7. The monoisotopic (exact) mass is 515 g/mol. The fourth-order valence-electron chi connectivity index (χ4n) is 5.71. The Bertz CT molecular complexity index is 1340. The van der Waals surface area contributed by atoms with E-state index in [9.17, 15) is 17.6 Å². The molecule has 3 aliphatic heterocycles. The Morgan fingerprint density at radius 2 is 1.92 bits per heavy atom. The van der Waals surface area contributed by atoms with Crippen molar-refractivity contribution in [3.63, 3.8) is 0 Å². The maximum Gasteiger partial charge on any atom is 0.410 e. The molecule has 1 amide bonds. The molecule has 0 radical (unpaired) electrons. The van der Waals surface area contributed by atoms with Crippen LogP contribution in [0.4, 0.5) is 20.7 Å². The molecule has 0 spiro atoms. The molecule has 4 heterocycles. The van der Waals surface area contributed by atoms with Gasteiger partial charge in [-0.2, -0.15) is 0 Å². The van der Waals surface area contributed by atoms with Crippen LogP contribution >= 0.6 is 0 Å². The van der Waals surface area contributed by atoms with Crippen LogP contribution in [0.5, 0.6) is 0 Å². The first-order chi connectivity index (χ1) is 17.1. The number of anilines is 1. The number of amides is 1. The van der Waals surface area contributed by atoms with E-state index in [-0.39, 0.29) is 40.4 Å². The van der Waals surface area contributed by atoms with Crippen molar-refractivity contribution in [2.45, 2.75) is 80.2 Å². The number of halogens is 1. The molecule has 9 nitrogen and oxygen atoms in total. The molecule has 1 aliphatic carbocycles. The quantitative estimate of drug-likeness (QED) is 0.617. The van der Waals surface area contributed by atoms with Crippen molar-refractivity contribution in [1.82, 2.24) is 14.8 Å². The Balaban J connectivity index is 1.19. The van der Waals surface area contributed by atoms with Crippen molar-refractivity contribution in [1.29, 1.82) is 0 Å². The molecule has 2 saturated heterocycles. The largest absolute Gasteiger partial charge is 0.443 e. The summed E-state index contributed by atoms with van der Waals surface area (Å²) in [5.41, 5.74) is 0.796. The van der Waals surface area contributed by atoms with E-state index in [2.05, 4.69) is 20.2 Å². The van der Waals surface area contributed by atoms with Gasteiger partial charge in [0.05, 0.1) is 16.9 Å². The minimum Gasteiger partial charge on any atom is -0.443 e. The molecule has 6 rings (SSSR count). The number of hydrogen-bond donors (Lipinski definition) is 2. The van der Waals surface area contributed by atoms with Gasteiger partial charge in [0.25, 0.3) is 0 Å². The number of hydrogen-bond acceptors (Lipinski definition) is 7. The summed E-state index contributed by atoms with van der Waals surface area (Å²) in [6, 6.07) is 6.34. The van der Waals surface area contributed by atoms with Crippen molar-refractivity contribution in [3.8, 4) is 0 Å². The van der Waals surface area contributed by atoms with Crippen molar-refractivity contribution in [2.24, 2.45) is 4.99 Å². The smallest absolute Gasteiger partial charge is 0.410 e. The highest BCUT2D eigenvalue weighted by Crippen LogP contribution is 2.46. The number of nitrogens with zero attached hydrogens (tertiary/aromatic N) is 3. The second kappa shape index (κ2) is 8.22. The Labute approximate surface area is 209 Å². The lowest BCUT2D eigenvalue weighted by Gasteiger charge is -2.39. The highest BCUT2D eigenvalue weighted by Gasteiger charge is 2.49. The van der Waals surface area contributed by atoms with Gasteiger partial charge in [0.15, 0.2) is 9.84 Å². The summed E-state index contributed by atoms with van der Waals surface area (Å²) < 4.78 is 46.1.